The lowest BCUT2D eigenvalue weighted by Gasteiger charge is -2.28. The molecule has 1 amide bonds. The topological polar surface area (TPSA) is 64.6 Å². The lowest BCUT2D eigenvalue weighted by molar-refractivity contribution is -0.129. The van der Waals surface area contributed by atoms with Crippen LogP contribution in [0, 0.1) is 5.92 Å². The Balaban J connectivity index is 1.77. The van der Waals surface area contributed by atoms with Gasteiger partial charge in [-0.2, -0.15) is 0 Å². The van der Waals surface area contributed by atoms with Crippen LogP contribution >= 0.6 is 0 Å². The van der Waals surface area contributed by atoms with Gasteiger partial charge in [-0.25, -0.2) is 10.9 Å². The second-order valence-corrected chi connectivity index (χ2v) is 6.22. The molecule has 23 heavy (non-hydrogen) atoms. The highest BCUT2D eigenvalue weighted by Gasteiger charge is 2.54. The van der Waals surface area contributed by atoms with Crippen LogP contribution < -0.4 is 10.9 Å². The number of carbonyl (C=O) groups excluding carboxylic acids is 1. The Morgan fingerprint density at radius 3 is 2.39 bits per heavy atom. The molecule has 3 N–H and O–H groups in total. The van der Waals surface area contributed by atoms with Gasteiger partial charge in [-0.15, -0.1) is 0 Å². The molecule has 0 spiro atoms. The number of amides is 1. The van der Waals surface area contributed by atoms with Gasteiger partial charge in [0.15, 0.2) is 0 Å². The molecule has 4 unspecified atom stereocenters. The van der Waals surface area contributed by atoms with E-state index in [2.05, 4.69) is 23.0 Å². The number of aromatic hydroxyl groups is 1. The summed E-state index contributed by atoms with van der Waals surface area (Å²) in [5.74, 6) is 0.368. The number of benzene rings is 2. The lowest BCUT2D eigenvalue weighted by Crippen LogP contribution is -2.39. The Hall–Kier alpha value is -2.37. The van der Waals surface area contributed by atoms with Crippen LogP contribution in [0.3, 0.4) is 0 Å². The van der Waals surface area contributed by atoms with Crippen LogP contribution in [-0.2, 0) is 4.79 Å². The number of nitrogens with one attached hydrogen (secondary N) is 2. The minimum absolute atomic E-state index is 0.0439. The molecular formula is C18H19N3O2. The van der Waals surface area contributed by atoms with Gasteiger partial charge in [-0.05, 0) is 23.3 Å². The zero-order chi connectivity index (χ0) is 16.0. The SMILES string of the molecule is CN1C(=O)C2NNC(c3ccccc3)C2C1c1cccc(O)c1. The van der Waals surface area contributed by atoms with E-state index in [1.807, 2.05) is 37.4 Å². The van der Waals surface area contributed by atoms with Crippen molar-refractivity contribution in [3.05, 3.63) is 65.7 Å². The molecule has 0 bridgehead atoms. The minimum Gasteiger partial charge on any atom is -0.508 e. The summed E-state index contributed by atoms with van der Waals surface area (Å²) < 4.78 is 0. The summed E-state index contributed by atoms with van der Waals surface area (Å²) in [4.78, 5) is 14.4. The van der Waals surface area contributed by atoms with E-state index < -0.39 is 0 Å². The first kappa shape index (κ1) is 14.2. The van der Waals surface area contributed by atoms with E-state index in [1.54, 1.807) is 17.0 Å². The summed E-state index contributed by atoms with van der Waals surface area (Å²) in [5.41, 5.74) is 8.55. The quantitative estimate of drug-likeness (QED) is 0.791. The van der Waals surface area contributed by atoms with Crippen LogP contribution in [0.5, 0.6) is 5.75 Å². The van der Waals surface area contributed by atoms with Crippen molar-refractivity contribution in [2.24, 2.45) is 5.92 Å². The predicted molar refractivity (Wildman–Crippen MR) is 86.4 cm³/mol. The van der Waals surface area contributed by atoms with E-state index >= 15 is 0 Å². The number of phenolic OH excluding ortho intramolecular Hbond substituents is 1. The molecule has 5 heteroatoms. The zero-order valence-corrected chi connectivity index (χ0v) is 12.8. The molecule has 0 radical (unpaired) electrons. The van der Waals surface area contributed by atoms with Crippen molar-refractivity contribution >= 4 is 5.91 Å². The van der Waals surface area contributed by atoms with Crippen molar-refractivity contribution in [2.45, 2.75) is 18.1 Å². The van der Waals surface area contributed by atoms with Crippen molar-refractivity contribution in [2.75, 3.05) is 7.05 Å². The Bertz CT molecular complexity index is 734. The van der Waals surface area contributed by atoms with Crippen molar-refractivity contribution in [1.82, 2.24) is 15.8 Å². The largest absolute Gasteiger partial charge is 0.508 e. The summed E-state index contributed by atoms with van der Waals surface area (Å²) >= 11 is 0. The molecule has 4 rings (SSSR count). The van der Waals surface area contributed by atoms with Gasteiger partial charge >= 0.3 is 0 Å². The molecular weight excluding hydrogens is 290 g/mol. The van der Waals surface area contributed by atoms with Gasteiger partial charge in [0, 0.05) is 13.0 Å². The van der Waals surface area contributed by atoms with Crippen molar-refractivity contribution in [3.63, 3.8) is 0 Å². The number of hydrazine groups is 1. The van der Waals surface area contributed by atoms with Gasteiger partial charge in [0.05, 0.1) is 12.1 Å². The van der Waals surface area contributed by atoms with Gasteiger partial charge in [0.2, 0.25) is 5.91 Å². The molecule has 118 valence electrons. The maximum Gasteiger partial charge on any atom is 0.241 e. The first-order chi connectivity index (χ1) is 11.2. The zero-order valence-electron chi connectivity index (χ0n) is 12.8. The molecule has 2 heterocycles. The van der Waals surface area contributed by atoms with Crippen molar-refractivity contribution in [1.29, 1.82) is 0 Å². The average Bonchev–Trinajstić information content (AvgIpc) is 3.09. The van der Waals surface area contributed by atoms with Gasteiger partial charge in [-0.3, -0.25) is 4.79 Å². The second-order valence-electron chi connectivity index (χ2n) is 6.22. The molecule has 2 aromatic carbocycles. The Morgan fingerprint density at radius 1 is 0.957 bits per heavy atom. The van der Waals surface area contributed by atoms with Gasteiger partial charge in [0.25, 0.3) is 0 Å². The number of nitrogens with zero attached hydrogens (tertiary/aromatic N) is 1. The third-order valence-electron chi connectivity index (χ3n) is 4.93. The molecule has 0 saturated carbocycles. The number of phenols is 1. The molecule has 2 fully saturated rings. The van der Waals surface area contributed by atoms with E-state index in [-0.39, 0.29) is 35.7 Å². The van der Waals surface area contributed by atoms with E-state index in [9.17, 15) is 9.90 Å². The fraction of sp³-hybridized carbons (Fsp3) is 0.278. The highest BCUT2D eigenvalue weighted by molar-refractivity contribution is 5.86. The van der Waals surface area contributed by atoms with Gasteiger partial charge in [-0.1, -0.05) is 42.5 Å². The maximum atomic E-state index is 12.6. The third kappa shape index (κ3) is 2.20. The molecule has 2 aliphatic rings. The number of fused-ring (bicyclic) bond motifs is 1. The van der Waals surface area contributed by atoms with Crippen LogP contribution in [0.15, 0.2) is 54.6 Å². The van der Waals surface area contributed by atoms with Gasteiger partial charge in [0.1, 0.15) is 11.8 Å². The summed E-state index contributed by atoms with van der Waals surface area (Å²) in [7, 11) is 1.83. The first-order valence-electron chi connectivity index (χ1n) is 7.78. The number of rotatable bonds is 2. The molecule has 2 aromatic rings. The summed E-state index contributed by atoms with van der Waals surface area (Å²) in [6.07, 6.45) is 0. The monoisotopic (exact) mass is 309 g/mol. The molecule has 0 aliphatic carbocycles. The van der Waals surface area contributed by atoms with E-state index in [0.29, 0.717) is 0 Å². The number of carbonyl (C=O) groups is 1. The molecule has 2 saturated heterocycles. The maximum absolute atomic E-state index is 12.6. The number of likely N-dealkylation sites (tertiary alicyclic amines) is 1. The average molecular weight is 309 g/mol. The van der Waals surface area contributed by atoms with Crippen LogP contribution in [-0.4, -0.2) is 29.0 Å². The Kier molecular flexibility index (Phi) is 3.32. The molecule has 4 atom stereocenters. The molecule has 5 nitrogen and oxygen atoms in total. The summed E-state index contributed by atoms with van der Waals surface area (Å²) in [5, 5.41) is 9.81. The highest BCUT2D eigenvalue weighted by atomic mass is 16.3. The normalized spacial score (nSPS) is 29.8. The number of hydrogen-bond donors (Lipinski definition) is 3. The second kappa shape index (κ2) is 5.37. The Morgan fingerprint density at radius 2 is 1.65 bits per heavy atom. The van der Waals surface area contributed by atoms with E-state index in [4.69, 9.17) is 0 Å². The van der Waals surface area contributed by atoms with Crippen LogP contribution in [0.25, 0.3) is 0 Å². The smallest absolute Gasteiger partial charge is 0.241 e. The van der Waals surface area contributed by atoms with Crippen LogP contribution in [0.1, 0.15) is 23.2 Å². The predicted octanol–water partition coefficient (Wildman–Crippen LogP) is 1.74. The fourth-order valence-corrected chi connectivity index (χ4v) is 3.89. The summed E-state index contributed by atoms with van der Waals surface area (Å²) in [6, 6.07) is 17.1. The first-order valence-corrected chi connectivity index (χ1v) is 7.78. The summed E-state index contributed by atoms with van der Waals surface area (Å²) in [6.45, 7) is 0. The molecule has 0 aromatic heterocycles. The van der Waals surface area contributed by atoms with Crippen molar-refractivity contribution in [3.8, 4) is 5.75 Å². The van der Waals surface area contributed by atoms with E-state index in [0.717, 1.165) is 11.1 Å². The van der Waals surface area contributed by atoms with Crippen LogP contribution in [0.4, 0.5) is 0 Å². The highest BCUT2D eigenvalue weighted by Crippen LogP contribution is 2.46. The lowest BCUT2D eigenvalue weighted by atomic mass is 9.83. The third-order valence-corrected chi connectivity index (χ3v) is 4.93. The number of hydrogen-bond acceptors (Lipinski definition) is 4. The Labute approximate surface area is 134 Å². The number of likely N-dealkylation sites (N-methyl/N-ethyl adjacent to an activating group) is 1. The fourth-order valence-electron chi connectivity index (χ4n) is 3.89. The van der Waals surface area contributed by atoms with Gasteiger partial charge < -0.3 is 10.0 Å². The van der Waals surface area contributed by atoms with Crippen LogP contribution in [0.2, 0.25) is 0 Å². The standard InChI is InChI=1S/C18H19N3O2/c1-21-17(12-8-5-9-13(22)10-12)14-15(11-6-3-2-4-7-11)19-20-16(14)18(21)23/h2-10,14-17,19-20,22H,1H3. The van der Waals surface area contributed by atoms with Crippen molar-refractivity contribution < 1.29 is 9.90 Å². The van der Waals surface area contributed by atoms with E-state index in [1.165, 1.54) is 0 Å². The molecule has 2 aliphatic heterocycles. The minimum atomic E-state index is -0.252.